The highest BCUT2D eigenvalue weighted by Crippen LogP contribution is 2.24. The molecule has 1 saturated heterocycles. The standard InChI is InChI=1S/C21H32N2O4/c1-6-26-21(25)23-11-9-17(10-12-23)22-20(24)16(5)27-18-7-8-19(14(2)3)15(4)13-18/h7-8,13-14,16-17H,6,9-12H2,1-5H3,(H,22,24). The second kappa shape index (κ2) is 9.62. The van der Waals surface area contributed by atoms with Crippen molar-refractivity contribution in [1.82, 2.24) is 10.2 Å². The molecule has 1 heterocycles. The van der Waals surface area contributed by atoms with E-state index in [1.54, 1.807) is 18.7 Å². The molecule has 27 heavy (non-hydrogen) atoms. The minimum absolute atomic E-state index is 0.0549. The smallest absolute Gasteiger partial charge is 0.409 e. The predicted octanol–water partition coefficient (Wildman–Crippen LogP) is 3.62. The van der Waals surface area contributed by atoms with Gasteiger partial charge < -0.3 is 19.7 Å². The first-order valence-corrected chi connectivity index (χ1v) is 9.81. The summed E-state index contributed by atoms with van der Waals surface area (Å²) in [5.41, 5.74) is 2.45. The maximum absolute atomic E-state index is 12.5. The quantitative estimate of drug-likeness (QED) is 0.823. The molecule has 0 aliphatic carbocycles. The molecule has 0 bridgehead atoms. The van der Waals surface area contributed by atoms with Crippen molar-refractivity contribution < 1.29 is 19.1 Å². The molecule has 1 aromatic rings. The zero-order chi connectivity index (χ0) is 20.0. The largest absolute Gasteiger partial charge is 0.481 e. The van der Waals surface area contributed by atoms with E-state index in [0.717, 1.165) is 12.8 Å². The Bertz CT molecular complexity index is 652. The highest BCUT2D eigenvalue weighted by Gasteiger charge is 2.26. The van der Waals surface area contributed by atoms with Crippen LogP contribution in [0, 0.1) is 6.92 Å². The van der Waals surface area contributed by atoms with Gasteiger partial charge in [0, 0.05) is 19.1 Å². The minimum atomic E-state index is -0.572. The Morgan fingerprint density at radius 3 is 2.44 bits per heavy atom. The van der Waals surface area contributed by atoms with Crippen molar-refractivity contribution in [2.45, 2.75) is 65.5 Å². The number of ether oxygens (including phenoxy) is 2. The van der Waals surface area contributed by atoms with E-state index in [0.29, 0.717) is 31.4 Å². The Hall–Kier alpha value is -2.24. The fourth-order valence-electron chi connectivity index (χ4n) is 3.37. The Morgan fingerprint density at radius 2 is 1.89 bits per heavy atom. The summed E-state index contributed by atoms with van der Waals surface area (Å²) in [6, 6.07) is 6.02. The number of likely N-dealkylation sites (tertiary alicyclic amines) is 1. The van der Waals surface area contributed by atoms with Crippen LogP contribution in [0.2, 0.25) is 0 Å². The number of rotatable bonds is 6. The van der Waals surface area contributed by atoms with Crippen LogP contribution in [0.4, 0.5) is 4.79 Å². The van der Waals surface area contributed by atoms with Gasteiger partial charge in [-0.05, 0) is 62.8 Å². The lowest BCUT2D eigenvalue weighted by atomic mass is 9.98. The molecule has 1 aromatic carbocycles. The van der Waals surface area contributed by atoms with Gasteiger partial charge in [-0.2, -0.15) is 0 Å². The van der Waals surface area contributed by atoms with E-state index >= 15 is 0 Å². The molecule has 1 aliphatic heterocycles. The second-order valence-corrected chi connectivity index (χ2v) is 7.40. The van der Waals surface area contributed by atoms with E-state index in [4.69, 9.17) is 9.47 Å². The van der Waals surface area contributed by atoms with Crippen LogP contribution in [-0.4, -0.2) is 48.7 Å². The van der Waals surface area contributed by atoms with Crippen LogP contribution in [0.1, 0.15) is 57.6 Å². The number of nitrogens with zero attached hydrogens (tertiary/aromatic N) is 1. The molecule has 1 unspecified atom stereocenters. The maximum atomic E-state index is 12.5. The van der Waals surface area contributed by atoms with Gasteiger partial charge >= 0.3 is 6.09 Å². The Morgan fingerprint density at radius 1 is 1.22 bits per heavy atom. The van der Waals surface area contributed by atoms with Crippen molar-refractivity contribution >= 4 is 12.0 Å². The minimum Gasteiger partial charge on any atom is -0.481 e. The summed E-state index contributed by atoms with van der Waals surface area (Å²) < 4.78 is 10.8. The summed E-state index contributed by atoms with van der Waals surface area (Å²) in [7, 11) is 0. The van der Waals surface area contributed by atoms with E-state index in [1.807, 2.05) is 12.1 Å². The maximum Gasteiger partial charge on any atom is 0.409 e. The number of piperidine rings is 1. The van der Waals surface area contributed by atoms with Crippen molar-refractivity contribution in [2.24, 2.45) is 0 Å². The fourth-order valence-corrected chi connectivity index (χ4v) is 3.37. The third kappa shape index (κ3) is 5.88. The average Bonchev–Trinajstić information content (AvgIpc) is 2.62. The van der Waals surface area contributed by atoms with Gasteiger partial charge in [-0.3, -0.25) is 4.79 Å². The summed E-state index contributed by atoms with van der Waals surface area (Å²) in [6.45, 7) is 11.5. The number of carbonyl (C=O) groups is 2. The van der Waals surface area contributed by atoms with E-state index in [9.17, 15) is 9.59 Å². The third-order valence-electron chi connectivity index (χ3n) is 4.91. The molecule has 150 valence electrons. The summed E-state index contributed by atoms with van der Waals surface area (Å²) >= 11 is 0. The van der Waals surface area contributed by atoms with E-state index in [1.165, 1.54) is 11.1 Å². The zero-order valence-corrected chi connectivity index (χ0v) is 17.1. The SMILES string of the molecule is CCOC(=O)N1CCC(NC(=O)C(C)Oc2ccc(C(C)C)c(C)c2)CC1. The third-order valence-corrected chi connectivity index (χ3v) is 4.91. The molecular formula is C21H32N2O4. The van der Waals surface area contributed by atoms with Gasteiger partial charge in [0.2, 0.25) is 0 Å². The van der Waals surface area contributed by atoms with Gasteiger partial charge in [-0.1, -0.05) is 19.9 Å². The van der Waals surface area contributed by atoms with Crippen molar-refractivity contribution in [1.29, 1.82) is 0 Å². The van der Waals surface area contributed by atoms with Crippen molar-refractivity contribution in [3.63, 3.8) is 0 Å². The first-order valence-electron chi connectivity index (χ1n) is 9.81. The lowest BCUT2D eigenvalue weighted by Gasteiger charge is -2.32. The van der Waals surface area contributed by atoms with Gasteiger partial charge in [-0.15, -0.1) is 0 Å². The monoisotopic (exact) mass is 376 g/mol. The number of nitrogens with one attached hydrogen (secondary N) is 1. The van der Waals surface area contributed by atoms with Crippen LogP contribution >= 0.6 is 0 Å². The highest BCUT2D eigenvalue weighted by molar-refractivity contribution is 5.81. The molecule has 1 N–H and O–H groups in total. The lowest BCUT2D eigenvalue weighted by molar-refractivity contribution is -0.128. The van der Waals surface area contributed by atoms with Gasteiger partial charge in [0.05, 0.1) is 6.61 Å². The van der Waals surface area contributed by atoms with Crippen LogP contribution in [0.3, 0.4) is 0 Å². The van der Waals surface area contributed by atoms with Crippen LogP contribution in [0.15, 0.2) is 18.2 Å². The van der Waals surface area contributed by atoms with Crippen LogP contribution < -0.4 is 10.1 Å². The van der Waals surface area contributed by atoms with Gasteiger partial charge in [0.15, 0.2) is 6.10 Å². The van der Waals surface area contributed by atoms with Crippen molar-refractivity contribution in [3.8, 4) is 5.75 Å². The van der Waals surface area contributed by atoms with Crippen LogP contribution in [-0.2, 0) is 9.53 Å². The Labute approximate surface area is 162 Å². The van der Waals surface area contributed by atoms with Gasteiger partial charge in [-0.25, -0.2) is 4.79 Å². The van der Waals surface area contributed by atoms with E-state index in [-0.39, 0.29) is 18.0 Å². The lowest BCUT2D eigenvalue weighted by Crippen LogP contribution is -2.49. The van der Waals surface area contributed by atoms with Crippen LogP contribution in [0.25, 0.3) is 0 Å². The number of benzene rings is 1. The zero-order valence-electron chi connectivity index (χ0n) is 17.1. The molecule has 1 fully saturated rings. The number of carbonyl (C=O) groups excluding carboxylic acids is 2. The number of amides is 2. The van der Waals surface area contributed by atoms with Crippen molar-refractivity contribution in [2.75, 3.05) is 19.7 Å². The molecule has 2 rings (SSSR count). The molecule has 6 nitrogen and oxygen atoms in total. The average molecular weight is 376 g/mol. The predicted molar refractivity (Wildman–Crippen MR) is 105 cm³/mol. The first kappa shape index (κ1) is 21.1. The van der Waals surface area contributed by atoms with Crippen LogP contribution in [0.5, 0.6) is 5.75 Å². The van der Waals surface area contributed by atoms with Gasteiger partial charge in [0.1, 0.15) is 5.75 Å². The molecule has 0 spiro atoms. The Kier molecular flexibility index (Phi) is 7.51. The first-order chi connectivity index (χ1) is 12.8. The fraction of sp³-hybridized carbons (Fsp3) is 0.619. The summed E-state index contributed by atoms with van der Waals surface area (Å²) in [4.78, 5) is 25.9. The number of hydrogen-bond acceptors (Lipinski definition) is 4. The topological polar surface area (TPSA) is 67.9 Å². The molecular weight excluding hydrogens is 344 g/mol. The van der Waals surface area contributed by atoms with Crippen molar-refractivity contribution in [3.05, 3.63) is 29.3 Å². The molecule has 0 radical (unpaired) electrons. The Balaban J connectivity index is 1.82. The van der Waals surface area contributed by atoms with Gasteiger partial charge in [0.25, 0.3) is 5.91 Å². The normalized spacial score (nSPS) is 16.1. The molecule has 0 saturated carbocycles. The molecule has 1 atom stereocenters. The molecule has 2 amide bonds. The summed E-state index contributed by atoms with van der Waals surface area (Å²) in [5, 5.41) is 3.03. The molecule has 1 aliphatic rings. The number of aryl methyl sites for hydroxylation is 1. The van der Waals surface area contributed by atoms with E-state index < -0.39 is 6.10 Å². The number of hydrogen-bond donors (Lipinski definition) is 1. The molecule has 6 heteroatoms. The second-order valence-electron chi connectivity index (χ2n) is 7.40. The summed E-state index contributed by atoms with van der Waals surface area (Å²) in [5.74, 6) is 1.03. The summed E-state index contributed by atoms with van der Waals surface area (Å²) in [6.07, 6.45) is 0.593. The highest BCUT2D eigenvalue weighted by atomic mass is 16.6. The van der Waals surface area contributed by atoms with E-state index in [2.05, 4.69) is 32.2 Å². The molecule has 0 aromatic heterocycles.